The van der Waals surface area contributed by atoms with Crippen LogP contribution in [0.1, 0.15) is 93.2 Å². The number of nitrogens with zero attached hydrogens (tertiary/aromatic N) is 2. The molecule has 5 heterocycles. The van der Waals surface area contributed by atoms with E-state index in [0.29, 0.717) is 49.3 Å². The average Bonchev–Trinajstić information content (AvgIpc) is 3.96. The number of piperidine rings is 2. The van der Waals surface area contributed by atoms with E-state index in [4.69, 9.17) is 23.7 Å². The van der Waals surface area contributed by atoms with Crippen molar-refractivity contribution in [1.29, 1.82) is 0 Å². The normalized spacial score (nSPS) is 33.2. The Balaban J connectivity index is 0.000000157. The molecule has 2 spiro atoms. The molecular weight excluding hydrogens is 961 g/mol. The number of carboxylic acid groups (broad SMARTS) is 1. The maximum Gasteiger partial charge on any atom is 0.357 e. The lowest BCUT2D eigenvalue weighted by atomic mass is 9.49. The van der Waals surface area contributed by atoms with Gasteiger partial charge in [0.15, 0.2) is 18.0 Å². The van der Waals surface area contributed by atoms with Crippen molar-refractivity contribution in [2.24, 2.45) is 5.92 Å². The summed E-state index contributed by atoms with van der Waals surface area (Å²) < 4.78 is 36.6. The van der Waals surface area contributed by atoms with Crippen molar-refractivity contribution in [2.75, 3.05) is 27.2 Å². The van der Waals surface area contributed by atoms with Crippen molar-refractivity contribution in [1.82, 2.24) is 9.80 Å². The zero-order chi connectivity index (χ0) is 52.9. The van der Waals surface area contributed by atoms with Gasteiger partial charge in [-0.2, -0.15) is 0 Å². The van der Waals surface area contributed by atoms with Crippen molar-refractivity contribution >= 4 is 47.6 Å². The molecule has 0 amide bonds. The second-order valence-electron chi connectivity index (χ2n) is 20.3. The Labute approximate surface area is 418 Å². The second kappa shape index (κ2) is 18.6. The minimum atomic E-state index is -2.14. The summed E-state index contributed by atoms with van der Waals surface area (Å²) in [7, 11) is 4.00. The molecule has 22 heteroatoms. The number of ketones is 1. The fraction of sp³-hybridized carbons (Fsp3) is 0.569. The molecule has 0 unspecified atom stereocenters. The van der Waals surface area contributed by atoms with Gasteiger partial charge < -0.3 is 68.5 Å². The van der Waals surface area contributed by atoms with Crippen molar-refractivity contribution in [2.45, 2.75) is 150 Å². The van der Waals surface area contributed by atoms with Crippen molar-refractivity contribution in [3.05, 3.63) is 69.5 Å². The number of Topliss-reactive ketones (excluding diaryl/α,β-unsaturated/α-hetero) is 1. The molecule has 392 valence electrons. The quantitative estimate of drug-likeness (QED) is 0.127. The van der Waals surface area contributed by atoms with Crippen LogP contribution in [0, 0.1) is 5.92 Å². The number of carbonyl (C=O) groups is 8. The predicted molar refractivity (Wildman–Crippen MR) is 244 cm³/mol. The molecule has 0 radical (unpaired) electrons. The zero-order valence-corrected chi connectivity index (χ0v) is 41.0. The molecule has 4 aliphatic carbocycles. The maximum atomic E-state index is 13.3. The third-order valence-electron chi connectivity index (χ3n) is 16.5. The number of likely N-dealkylation sites (tertiary alicyclic amines) is 2. The summed E-state index contributed by atoms with van der Waals surface area (Å²) >= 11 is 0. The van der Waals surface area contributed by atoms with Crippen molar-refractivity contribution in [3.8, 4) is 11.5 Å². The largest absolute Gasteiger partial charge is 0.481 e. The summed E-state index contributed by atoms with van der Waals surface area (Å²) in [6.45, 7) is 5.63. The molecule has 1 saturated carbocycles. The van der Waals surface area contributed by atoms with E-state index in [-0.39, 0.29) is 43.3 Å². The molecule has 0 aromatic heterocycles. The van der Waals surface area contributed by atoms with E-state index in [1.165, 1.54) is 19.9 Å². The van der Waals surface area contributed by atoms with E-state index in [0.717, 1.165) is 61.1 Å². The number of hydrogen-bond donors (Lipinski definition) is 5. The van der Waals surface area contributed by atoms with Gasteiger partial charge in [-0.15, -0.1) is 0 Å². The van der Waals surface area contributed by atoms with Crippen LogP contribution >= 0.6 is 0 Å². The molecule has 73 heavy (non-hydrogen) atoms. The number of cyclic esters (lactones) is 2. The molecule has 5 N–H and O–H groups in total. The van der Waals surface area contributed by atoms with Gasteiger partial charge in [0.25, 0.3) is 0 Å². The molecule has 2 aromatic carbocycles. The van der Waals surface area contributed by atoms with Crippen LogP contribution in [-0.4, -0.2) is 164 Å². The van der Waals surface area contributed by atoms with Gasteiger partial charge in [0.2, 0.25) is 18.3 Å². The first-order valence-electron chi connectivity index (χ1n) is 24.1. The number of carboxylic acids is 1. The van der Waals surface area contributed by atoms with Crippen LogP contribution < -0.4 is 9.47 Å². The molecule has 5 aliphatic heterocycles. The molecule has 3 saturated heterocycles. The SMILES string of the molecule is CC(=O)O[C@@H](C(=O)O)[C@@H](OC(C)=O)C(=O)OC1=CC[C@@]2(O)[C@H]3Cc4ccc(CO)c5c4[C@@]2(CCN3C)[C@H]1O5.CC(=O)O[C@H]1C(=O)OC(=O)[C@@H]1C.CN1CC[C@]23c4c5ccc(CO)c4O[C@H]2C(=O)CC[C@@]3(O)[C@H]1C5. The van der Waals surface area contributed by atoms with E-state index in [1.807, 2.05) is 25.2 Å². The topological polar surface area (TPSA) is 309 Å². The van der Waals surface area contributed by atoms with Gasteiger partial charge in [-0.05, 0) is 83.4 Å². The molecule has 12 atom stereocenters. The average molecular weight is 1020 g/mol. The molecular formula is C51H58N2O20. The minimum Gasteiger partial charge on any atom is -0.481 e. The van der Waals surface area contributed by atoms with Crippen LogP contribution in [0.3, 0.4) is 0 Å². The van der Waals surface area contributed by atoms with Crippen LogP contribution in [-0.2, 0) is 98.9 Å². The van der Waals surface area contributed by atoms with E-state index in [9.17, 15) is 63.9 Å². The van der Waals surface area contributed by atoms with Gasteiger partial charge in [0.1, 0.15) is 23.2 Å². The highest BCUT2D eigenvalue weighted by Gasteiger charge is 2.74. The smallest absolute Gasteiger partial charge is 0.357 e. The number of likely N-dealkylation sites (N-methyl/N-ethyl adjacent to an activating group) is 2. The number of benzene rings is 2. The molecule has 2 aromatic rings. The van der Waals surface area contributed by atoms with Crippen LogP contribution in [0.25, 0.3) is 0 Å². The zero-order valence-electron chi connectivity index (χ0n) is 41.0. The lowest BCUT2D eigenvalue weighted by Crippen LogP contribution is -2.76. The van der Waals surface area contributed by atoms with Crippen LogP contribution in [0.5, 0.6) is 11.5 Å². The van der Waals surface area contributed by atoms with E-state index in [2.05, 4.69) is 26.3 Å². The predicted octanol–water partition coefficient (Wildman–Crippen LogP) is 0.117. The van der Waals surface area contributed by atoms with Gasteiger partial charge in [-0.3, -0.25) is 24.0 Å². The van der Waals surface area contributed by atoms with Crippen LogP contribution in [0.15, 0.2) is 36.1 Å². The standard InChI is InChI=1S/C26H29NO11.C18H21NO4.C7H8O5/c1-12(29)35-20(23(31)32)21(36-13(2)30)24(33)37-16-6-7-26(34)17-10-14-4-5-15(11-28)19-18(14)25(26,22(16)38-19)8-9-27(17)3;1-19-7-6-17-14-10-2-3-11(9-20)15(14)23-16(17)12(21)4-5-18(17,22)13(19)8-10;1-3-5(11-4(2)8)7(10)12-6(3)9/h4-6,17,20-22,28,34H,7-11H2,1-3H3,(H,31,32);2-3,13,16,20,22H,4-9H2,1H3;3,5H,1-2H3/t17-,20-,21-,22+,25+,26-;13-,16+,17+,18-;3-,5-/m111/s1. The molecule has 4 fully saturated rings. The number of hydrogen-bond acceptors (Lipinski definition) is 21. The fourth-order valence-electron chi connectivity index (χ4n) is 13.3. The number of aliphatic hydroxyl groups is 4. The monoisotopic (exact) mass is 1020 g/mol. The minimum absolute atomic E-state index is 0.0139. The number of aliphatic carboxylic acids is 1. The molecule has 22 nitrogen and oxygen atoms in total. The summed E-state index contributed by atoms with van der Waals surface area (Å²) in [6.07, 6.45) is -1.83. The third-order valence-corrected chi connectivity index (χ3v) is 16.5. The first-order valence-corrected chi connectivity index (χ1v) is 24.1. The number of ether oxygens (including phenoxy) is 7. The Morgan fingerprint density at radius 3 is 1.74 bits per heavy atom. The maximum absolute atomic E-state index is 13.3. The van der Waals surface area contributed by atoms with Gasteiger partial charge in [0.05, 0.1) is 35.2 Å². The van der Waals surface area contributed by atoms with Crippen molar-refractivity contribution < 1.29 is 97.0 Å². The Morgan fingerprint density at radius 1 is 0.726 bits per heavy atom. The first-order chi connectivity index (χ1) is 34.5. The van der Waals surface area contributed by atoms with Crippen molar-refractivity contribution in [3.63, 3.8) is 0 Å². The van der Waals surface area contributed by atoms with Gasteiger partial charge >= 0.3 is 41.8 Å². The Hall–Kier alpha value is -6.30. The molecule has 9 aliphatic rings. The highest BCUT2D eigenvalue weighted by Crippen LogP contribution is 2.66. The third kappa shape index (κ3) is 7.73. The van der Waals surface area contributed by atoms with Gasteiger partial charge in [-0.1, -0.05) is 24.3 Å². The molecule has 11 rings (SSSR count). The summed E-state index contributed by atoms with van der Waals surface area (Å²) in [5, 5.41) is 53.2. The summed E-state index contributed by atoms with van der Waals surface area (Å²) in [5.74, 6) is -6.50. The summed E-state index contributed by atoms with van der Waals surface area (Å²) in [6, 6.07) is 7.40. The highest BCUT2D eigenvalue weighted by atomic mass is 16.6. The highest BCUT2D eigenvalue weighted by molar-refractivity contribution is 5.98. The van der Waals surface area contributed by atoms with E-state index >= 15 is 0 Å². The Bertz CT molecular complexity index is 2760. The van der Waals surface area contributed by atoms with Gasteiger partial charge in [0, 0.05) is 68.0 Å². The Morgan fingerprint density at radius 2 is 1.25 bits per heavy atom. The fourth-order valence-corrected chi connectivity index (χ4v) is 13.3. The first kappa shape index (κ1) is 51.6. The van der Waals surface area contributed by atoms with Gasteiger partial charge in [-0.25, -0.2) is 14.4 Å². The van der Waals surface area contributed by atoms with Crippen LogP contribution in [0.4, 0.5) is 0 Å². The number of aliphatic hydroxyl groups excluding tert-OH is 2. The summed E-state index contributed by atoms with van der Waals surface area (Å²) in [5.41, 5.74) is 1.33. The lowest BCUT2D eigenvalue weighted by Gasteiger charge is -2.62. The number of rotatable bonds is 9. The van der Waals surface area contributed by atoms with E-state index < -0.39 is 100 Å². The van der Waals surface area contributed by atoms with E-state index in [1.54, 1.807) is 6.07 Å². The van der Waals surface area contributed by atoms with Crippen LogP contribution in [0.2, 0.25) is 0 Å². The number of carbonyl (C=O) groups excluding carboxylic acids is 7. The second-order valence-corrected chi connectivity index (χ2v) is 20.3. The summed E-state index contributed by atoms with van der Waals surface area (Å²) in [4.78, 5) is 97.2. The number of esters is 6. The lowest BCUT2D eigenvalue weighted by molar-refractivity contribution is -0.190. The molecule has 4 bridgehead atoms. The Kier molecular flexibility index (Phi) is 13.1.